The molecule has 4 aromatic rings. The Hall–Kier alpha value is -3.47. The first-order valence-corrected chi connectivity index (χ1v) is 8.31. The number of amides is 1. The summed E-state index contributed by atoms with van der Waals surface area (Å²) in [5.41, 5.74) is 3.31. The number of nitrogens with zero attached hydrogens (tertiary/aromatic N) is 3. The van der Waals surface area contributed by atoms with Gasteiger partial charge in [0.1, 0.15) is 5.52 Å². The molecule has 2 heterocycles. The average Bonchev–Trinajstić information content (AvgIpc) is 3.12. The van der Waals surface area contributed by atoms with Gasteiger partial charge in [0, 0.05) is 37.1 Å². The van der Waals surface area contributed by atoms with Gasteiger partial charge in [-0.25, -0.2) is 0 Å². The molecule has 128 valence electrons. The Kier molecular flexibility index (Phi) is 4.19. The molecule has 26 heavy (non-hydrogen) atoms. The van der Waals surface area contributed by atoms with Gasteiger partial charge in [-0.2, -0.15) is 0 Å². The first kappa shape index (κ1) is 16.0. The lowest BCUT2D eigenvalue weighted by Gasteiger charge is -2.17. The maximum Gasteiger partial charge on any atom is 0.253 e. The van der Waals surface area contributed by atoms with Crippen LogP contribution >= 0.6 is 0 Å². The zero-order valence-corrected chi connectivity index (χ0v) is 14.3. The molecule has 4 rings (SSSR count). The Morgan fingerprint density at radius 2 is 1.81 bits per heavy atom. The van der Waals surface area contributed by atoms with Crippen LogP contribution in [-0.4, -0.2) is 28.0 Å². The predicted octanol–water partition coefficient (Wildman–Crippen LogP) is 4.16. The fraction of sp³-hybridized carbons (Fsp3) is 0.0952. The number of fused-ring (bicyclic) bond motifs is 1. The van der Waals surface area contributed by atoms with Crippen molar-refractivity contribution in [2.45, 2.75) is 6.54 Å². The molecular weight excluding hydrogens is 326 g/mol. The molecule has 0 saturated carbocycles. The fourth-order valence-electron chi connectivity index (χ4n) is 2.93. The van der Waals surface area contributed by atoms with Crippen molar-refractivity contribution in [3.63, 3.8) is 0 Å². The van der Waals surface area contributed by atoms with Gasteiger partial charge < -0.3 is 9.42 Å². The monoisotopic (exact) mass is 343 g/mol. The molecule has 5 nitrogen and oxygen atoms in total. The van der Waals surface area contributed by atoms with E-state index in [0.717, 1.165) is 22.0 Å². The summed E-state index contributed by atoms with van der Waals surface area (Å²) >= 11 is 0. The summed E-state index contributed by atoms with van der Waals surface area (Å²) in [6, 6.07) is 19.0. The van der Waals surface area contributed by atoms with Crippen LogP contribution in [-0.2, 0) is 6.54 Å². The van der Waals surface area contributed by atoms with Crippen molar-refractivity contribution >= 4 is 16.8 Å². The summed E-state index contributed by atoms with van der Waals surface area (Å²) in [5.74, 6) is 0.621. The molecule has 0 N–H and O–H groups in total. The van der Waals surface area contributed by atoms with Crippen LogP contribution in [0.25, 0.3) is 22.2 Å². The third kappa shape index (κ3) is 3.07. The number of carbonyl (C=O) groups is 1. The largest absolute Gasteiger partial charge is 0.355 e. The van der Waals surface area contributed by atoms with Gasteiger partial charge in [-0.3, -0.25) is 9.78 Å². The second-order valence-corrected chi connectivity index (χ2v) is 6.13. The molecule has 2 aromatic heterocycles. The lowest BCUT2D eigenvalue weighted by atomic mass is 10.1. The second kappa shape index (κ2) is 6.80. The van der Waals surface area contributed by atoms with E-state index in [1.165, 1.54) is 0 Å². The zero-order chi connectivity index (χ0) is 17.9. The minimum atomic E-state index is -0.0519. The average molecular weight is 343 g/mol. The normalized spacial score (nSPS) is 10.8. The van der Waals surface area contributed by atoms with Crippen LogP contribution in [0.15, 0.2) is 77.6 Å². The number of hydrogen-bond donors (Lipinski definition) is 0. The highest BCUT2D eigenvalue weighted by molar-refractivity contribution is 6.00. The van der Waals surface area contributed by atoms with Gasteiger partial charge in [0.25, 0.3) is 5.91 Å². The summed E-state index contributed by atoms with van der Waals surface area (Å²) in [7, 11) is 1.79. The highest BCUT2D eigenvalue weighted by Gasteiger charge is 2.16. The van der Waals surface area contributed by atoms with Crippen LogP contribution in [0.4, 0.5) is 0 Å². The number of aromatic nitrogens is 2. The summed E-state index contributed by atoms with van der Waals surface area (Å²) in [6.45, 7) is 0.522. The molecule has 0 aliphatic carbocycles. The van der Waals surface area contributed by atoms with Crippen LogP contribution in [0.2, 0.25) is 0 Å². The van der Waals surface area contributed by atoms with E-state index >= 15 is 0 Å². The quantitative estimate of drug-likeness (QED) is 0.558. The van der Waals surface area contributed by atoms with E-state index in [4.69, 9.17) is 4.52 Å². The van der Waals surface area contributed by atoms with Gasteiger partial charge in [0.15, 0.2) is 5.76 Å². The van der Waals surface area contributed by atoms with Crippen LogP contribution < -0.4 is 0 Å². The van der Waals surface area contributed by atoms with Crippen molar-refractivity contribution in [1.29, 1.82) is 0 Å². The molecule has 2 aromatic carbocycles. The van der Waals surface area contributed by atoms with Crippen LogP contribution in [0.5, 0.6) is 0 Å². The van der Waals surface area contributed by atoms with Crippen molar-refractivity contribution in [1.82, 2.24) is 15.0 Å². The first-order chi connectivity index (χ1) is 12.7. The lowest BCUT2D eigenvalue weighted by Crippen LogP contribution is -2.26. The van der Waals surface area contributed by atoms with Crippen molar-refractivity contribution in [3.05, 3.63) is 84.2 Å². The molecule has 0 atom stereocenters. The third-order valence-electron chi connectivity index (χ3n) is 4.28. The summed E-state index contributed by atoms with van der Waals surface area (Å²) in [6.07, 6.45) is 3.45. The minimum absolute atomic E-state index is 0.0519. The summed E-state index contributed by atoms with van der Waals surface area (Å²) in [4.78, 5) is 18.5. The van der Waals surface area contributed by atoms with Gasteiger partial charge in [-0.1, -0.05) is 35.5 Å². The summed E-state index contributed by atoms with van der Waals surface area (Å²) < 4.78 is 5.51. The standard InChI is InChI=1S/C21H17N3O2/c1-24(14-15-9-11-22-12-10-15)21(25)17-7-8-19-18(13-17)20(26-23-19)16-5-3-2-4-6-16/h2-13H,14H2,1H3. The molecule has 5 heteroatoms. The molecule has 0 saturated heterocycles. The van der Waals surface area contributed by atoms with Crippen LogP contribution in [0.1, 0.15) is 15.9 Å². The van der Waals surface area contributed by atoms with Crippen molar-refractivity contribution < 1.29 is 9.32 Å². The van der Waals surface area contributed by atoms with E-state index in [9.17, 15) is 4.79 Å². The Morgan fingerprint density at radius 1 is 1.04 bits per heavy atom. The number of pyridine rings is 1. The van der Waals surface area contributed by atoms with E-state index in [0.29, 0.717) is 17.9 Å². The molecule has 1 amide bonds. The first-order valence-electron chi connectivity index (χ1n) is 8.31. The highest BCUT2D eigenvalue weighted by atomic mass is 16.5. The molecule has 0 aliphatic heterocycles. The molecule has 0 spiro atoms. The Balaban J connectivity index is 1.65. The van der Waals surface area contributed by atoms with Crippen molar-refractivity contribution in [2.75, 3.05) is 7.05 Å². The number of benzene rings is 2. The van der Waals surface area contributed by atoms with Gasteiger partial charge >= 0.3 is 0 Å². The van der Waals surface area contributed by atoms with Gasteiger partial charge in [0.2, 0.25) is 0 Å². The molecule has 0 radical (unpaired) electrons. The maximum absolute atomic E-state index is 12.8. The van der Waals surface area contributed by atoms with Gasteiger partial charge in [-0.15, -0.1) is 0 Å². The number of rotatable bonds is 4. The topological polar surface area (TPSA) is 59.2 Å². The second-order valence-electron chi connectivity index (χ2n) is 6.13. The highest BCUT2D eigenvalue weighted by Crippen LogP contribution is 2.29. The van der Waals surface area contributed by atoms with E-state index < -0.39 is 0 Å². The zero-order valence-electron chi connectivity index (χ0n) is 14.3. The SMILES string of the molecule is CN(Cc1ccncc1)C(=O)c1ccc2noc(-c3ccccc3)c2c1. The Labute approximate surface area is 150 Å². The predicted molar refractivity (Wildman–Crippen MR) is 99.5 cm³/mol. The Morgan fingerprint density at radius 3 is 2.58 bits per heavy atom. The molecular formula is C21H17N3O2. The fourth-order valence-corrected chi connectivity index (χ4v) is 2.93. The van der Waals surface area contributed by atoms with Crippen LogP contribution in [0, 0.1) is 0 Å². The smallest absolute Gasteiger partial charge is 0.253 e. The molecule has 0 bridgehead atoms. The summed E-state index contributed by atoms with van der Waals surface area (Å²) in [5, 5.41) is 4.93. The maximum atomic E-state index is 12.8. The molecule has 0 fully saturated rings. The minimum Gasteiger partial charge on any atom is -0.355 e. The van der Waals surface area contributed by atoms with E-state index in [2.05, 4.69) is 10.1 Å². The van der Waals surface area contributed by atoms with E-state index in [-0.39, 0.29) is 5.91 Å². The lowest BCUT2D eigenvalue weighted by molar-refractivity contribution is 0.0785. The van der Waals surface area contributed by atoms with Gasteiger partial charge in [-0.05, 0) is 35.9 Å². The number of hydrogen-bond acceptors (Lipinski definition) is 4. The van der Waals surface area contributed by atoms with E-state index in [1.807, 2.05) is 54.6 Å². The third-order valence-corrected chi connectivity index (χ3v) is 4.28. The number of carbonyl (C=O) groups excluding carboxylic acids is 1. The van der Waals surface area contributed by atoms with E-state index in [1.54, 1.807) is 30.4 Å². The van der Waals surface area contributed by atoms with Crippen molar-refractivity contribution in [3.8, 4) is 11.3 Å². The molecule has 0 unspecified atom stereocenters. The molecule has 0 aliphatic rings. The Bertz CT molecular complexity index is 1040. The van der Waals surface area contributed by atoms with Gasteiger partial charge in [0.05, 0.1) is 5.39 Å². The van der Waals surface area contributed by atoms with Crippen molar-refractivity contribution in [2.24, 2.45) is 0 Å². The van der Waals surface area contributed by atoms with Crippen LogP contribution in [0.3, 0.4) is 0 Å².